The van der Waals surface area contributed by atoms with Crippen molar-refractivity contribution in [3.8, 4) is 0 Å². The van der Waals surface area contributed by atoms with Crippen LogP contribution in [0.3, 0.4) is 0 Å². The normalized spacial score (nSPS) is 18.0. The molecule has 0 rings (SSSR count). The van der Waals surface area contributed by atoms with Crippen molar-refractivity contribution in [2.75, 3.05) is 5.75 Å². The lowest BCUT2D eigenvalue weighted by molar-refractivity contribution is 0.223. The summed E-state index contributed by atoms with van der Waals surface area (Å²) in [7, 11) is 2.10. The number of halogens is 1. The van der Waals surface area contributed by atoms with E-state index in [0.29, 0.717) is 17.3 Å². The van der Waals surface area contributed by atoms with Gasteiger partial charge in [-0.25, -0.2) is 8.42 Å². The Labute approximate surface area is 143 Å². The zero-order chi connectivity index (χ0) is 17.8. The Morgan fingerprint density at radius 2 is 1.32 bits per heavy atom. The fraction of sp³-hybridized carbons (Fsp3) is 1.00. The minimum absolute atomic E-state index is 0.105. The maximum absolute atomic E-state index is 11.6. The molecule has 0 radical (unpaired) electrons. The van der Waals surface area contributed by atoms with Gasteiger partial charge in [0.25, 0.3) is 0 Å². The molecule has 0 aromatic rings. The first-order valence-electron chi connectivity index (χ1n) is 8.51. The summed E-state index contributed by atoms with van der Waals surface area (Å²) in [6, 6.07) is 0. The van der Waals surface area contributed by atoms with Gasteiger partial charge in [-0.3, -0.25) is 0 Å². The van der Waals surface area contributed by atoms with Crippen LogP contribution in [0.4, 0.5) is 0 Å². The Hall–Kier alpha value is 0.240. The lowest BCUT2D eigenvalue weighted by atomic mass is 9.77. The molecule has 0 aliphatic heterocycles. The molecule has 0 bridgehead atoms. The molecule has 0 amide bonds. The van der Waals surface area contributed by atoms with E-state index < -0.39 is 9.05 Å². The summed E-state index contributed by atoms with van der Waals surface area (Å²) < 4.78 is 23.1. The van der Waals surface area contributed by atoms with Crippen molar-refractivity contribution in [3.63, 3.8) is 0 Å². The Bertz CT molecular complexity index is 415. The molecule has 22 heavy (non-hydrogen) atoms. The van der Waals surface area contributed by atoms with Crippen LogP contribution in [-0.2, 0) is 9.05 Å². The molecule has 0 saturated carbocycles. The fourth-order valence-corrected chi connectivity index (χ4v) is 5.06. The summed E-state index contributed by atoms with van der Waals surface area (Å²) in [5, 5.41) is 0. The van der Waals surface area contributed by atoms with E-state index in [2.05, 4.69) is 55.4 Å². The van der Waals surface area contributed by atoms with E-state index in [1.807, 2.05) is 0 Å². The number of hydrogen-bond donors (Lipinski definition) is 0. The monoisotopic (exact) mass is 352 g/mol. The first-order chi connectivity index (χ1) is 9.59. The largest absolute Gasteiger partial charge is 0.232 e. The van der Waals surface area contributed by atoms with Gasteiger partial charge >= 0.3 is 0 Å². The second kappa shape index (κ2) is 8.37. The molecular weight excluding hydrogens is 316 g/mol. The predicted octanol–water partition coefficient (Wildman–Crippen LogP) is 6.10. The van der Waals surface area contributed by atoms with Crippen LogP contribution in [0.5, 0.6) is 0 Å². The molecule has 0 aromatic carbocycles. The molecule has 0 aliphatic carbocycles. The van der Waals surface area contributed by atoms with E-state index >= 15 is 0 Å². The van der Waals surface area contributed by atoms with E-state index in [1.165, 1.54) is 6.42 Å². The summed E-state index contributed by atoms with van der Waals surface area (Å²) in [5.41, 5.74) is 0.537. The molecule has 0 heterocycles. The van der Waals surface area contributed by atoms with Gasteiger partial charge in [-0.1, -0.05) is 61.8 Å². The lowest BCUT2D eigenvalue weighted by Crippen LogP contribution is -2.25. The molecule has 0 unspecified atom stereocenters. The van der Waals surface area contributed by atoms with Crippen LogP contribution in [0.1, 0.15) is 81.1 Å². The summed E-state index contributed by atoms with van der Waals surface area (Å²) in [4.78, 5) is 0. The topological polar surface area (TPSA) is 34.1 Å². The van der Waals surface area contributed by atoms with Crippen LogP contribution in [0.15, 0.2) is 0 Å². The van der Waals surface area contributed by atoms with Crippen LogP contribution in [-0.4, -0.2) is 14.2 Å². The zero-order valence-electron chi connectivity index (χ0n) is 15.9. The summed E-state index contributed by atoms with van der Waals surface area (Å²) in [6.45, 7) is 17.8. The maximum atomic E-state index is 11.6. The van der Waals surface area contributed by atoms with Gasteiger partial charge in [0.15, 0.2) is 0 Å². The third-order valence-electron chi connectivity index (χ3n) is 4.14. The standard InChI is InChI=1S/C18H37ClO2S/c1-14(11-17(3,4)5)9-10-16(13-22(19,20)21)15(2)12-18(6,7)8/h14-16H,9-13H2,1-8H3/t14-,15-,16+/m1/s1. The summed E-state index contributed by atoms with van der Waals surface area (Å²) >= 11 is 0. The van der Waals surface area contributed by atoms with Crippen LogP contribution in [0.25, 0.3) is 0 Å². The summed E-state index contributed by atoms with van der Waals surface area (Å²) in [6.07, 6.45) is 4.21. The minimum Gasteiger partial charge on any atom is -0.212 e. The summed E-state index contributed by atoms with van der Waals surface area (Å²) in [5.74, 6) is 1.25. The average Bonchev–Trinajstić information content (AvgIpc) is 2.17. The highest BCUT2D eigenvalue weighted by Gasteiger charge is 2.27. The smallest absolute Gasteiger partial charge is 0.212 e. The minimum atomic E-state index is -3.43. The van der Waals surface area contributed by atoms with Crippen molar-refractivity contribution in [1.82, 2.24) is 0 Å². The fourth-order valence-electron chi connectivity index (χ4n) is 3.57. The highest BCUT2D eigenvalue weighted by molar-refractivity contribution is 8.13. The van der Waals surface area contributed by atoms with E-state index in [4.69, 9.17) is 10.7 Å². The van der Waals surface area contributed by atoms with Gasteiger partial charge in [0.1, 0.15) is 0 Å². The van der Waals surface area contributed by atoms with Gasteiger partial charge in [0.2, 0.25) is 9.05 Å². The lowest BCUT2D eigenvalue weighted by Gasteiger charge is -2.30. The van der Waals surface area contributed by atoms with Crippen molar-refractivity contribution in [2.45, 2.75) is 81.1 Å². The zero-order valence-corrected chi connectivity index (χ0v) is 17.4. The van der Waals surface area contributed by atoms with Crippen LogP contribution >= 0.6 is 10.7 Å². The van der Waals surface area contributed by atoms with E-state index in [-0.39, 0.29) is 17.1 Å². The highest BCUT2D eigenvalue weighted by Crippen LogP contribution is 2.34. The van der Waals surface area contributed by atoms with Gasteiger partial charge in [0.05, 0.1) is 5.75 Å². The third kappa shape index (κ3) is 12.8. The Balaban J connectivity index is 4.74. The van der Waals surface area contributed by atoms with Crippen LogP contribution in [0.2, 0.25) is 0 Å². The molecule has 0 saturated heterocycles. The second-order valence-corrected chi connectivity index (χ2v) is 12.5. The van der Waals surface area contributed by atoms with Crippen LogP contribution < -0.4 is 0 Å². The van der Waals surface area contributed by atoms with Crippen molar-refractivity contribution >= 4 is 19.7 Å². The van der Waals surface area contributed by atoms with E-state index in [9.17, 15) is 8.42 Å². The third-order valence-corrected chi connectivity index (χ3v) is 5.35. The van der Waals surface area contributed by atoms with Crippen molar-refractivity contribution in [1.29, 1.82) is 0 Å². The van der Waals surface area contributed by atoms with E-state index in [0.717, 1.165) is 19.3 Å². The first-order valence-corrected chi connectivity index (χ1v) is 11.0. The van der Waals surface area contributed by atoms with Gasteiger partial charge in [-0.05, 0) is 47.8 Å². The maximum Gasteiger partial charge on any atom is 0.232 e. The molecule has 0 aliphatic rings. The molecule has 134 valence electrons. The van der Waals surface area contributed by atoms with Crippen LogP contribution in [0, 0.1) is 28.6 Å². The predicted molar refractivity (Wildman–Crippen MR) is 98.8 cm³/mol. The average molecular weight is 353 g/mol. The highest BCUT2D eigenvalue weighted by atomic mass is 35.7. The van der Waals surface area contributed by atoms with Crippen molar-refractivity contribution < 1.29 is 8.42 Å². The molecule has 0 fully saturated rings. The second-order valence-electron chi connectivity index (χ2n) is 9.65. The molecule has 4 heteroatoms. The SMILES string of the molecule is C[C@H](CC[C@@H](CS(=O)(=O)Cl)[C@H](C)CC(C)(C)C)CC(C)(C)C. The first kappa shape index (κ1) is 22.2. The Kier molecular flexibility index (Phi) is 8.46. The molecule has 3 atom stereocenters. The Morgan fingerprint density at radius 1 is 0.864 bits per heavy atom. The van der Waals surface area contributed by atoms with Crippen molar-refractivity contribution in [3.05, 3.63) is 0 Å². The number of rotatable bonds is 8. The molecular formula is C18H37ClO2S. The quantitative estimate of drug-likeness (QED) is 0.495. The molecule has 0 spiro atoms. The van der Waals surface area contributed by atoms with Gasteiger partial charge < -0.3 is 0 Å². The van der Waals surface area contributed by atoms with Gasteiger partial charge in [0, 0.05) is 10.7 Å². The van der Waals surface area contributed by atoms with Gasteiger partial charge in [-0.15, -0.1) is 0 Å². The molecule has 0 aromatic heterocycles. The Morgan fingerprint density at radius 3 is 1.68 bits per heavy atom. The molecule has 0 N–H and O–H groups in total. The number of hydrogen-bond acceptors (Lipinski definition) is 2. The van der Waals surface area contributed by atoms with Gasteiger partial charge in [-0.2, -0.15) is 0 Å². The van der Waals surface area contributed by atoms with Crippen molar-refractivity contribution in [2.24, 2.45) is 28.6 Å². The molecule has 2 nitrogen and oxygen atoms in total. The van der Waals surface area contributed by atoms with E-state index in [1.54, 1.807) is 0 Å².